The molecule has 2 heterocycles. The van der Waals surface area contributed by atoms with Gasteiger partial charge in [0.1, 0.15) is 9.76 Å². The van der Waals surface area contributed by atoms with Crippen molar-refractivity contribution in [2.45, 2.75) is 16.3 Å². The van der Waals surface area contributed by atoms with Gasteiger partial charge >= 0.3 is 6.18 Å². The lowest BCUT2D eigenvalue weighted by Crippen LogP contribution is -2.10. The molecule has 11 heteroatoms. The lowest BCUT2D eigenvalue weighted by Gasteiger charge is -2.05. The first-order valence-corrected chi connectivity index (χ1v) is 8.35. The van der Waals surface area contributed by atoms with E-state index in [1.54, 1.807) is 5.38 Å². The molecule has 0 fully saturated rings. The molecule has 0 saturated carbocycles. The summed E-state index contributed by atoms with van der Waals surface area (Å²) in [5.41, 5.74) is -1.40. The average Bonchev–Trinajstić information content (AvgIpc) is 2.87. The van der Waals surface area contributed by atoms with Crippen LogP contribution in [-0.2, 0) is 29.8 Å². The average molecular weight is 409 g/mol. The van der Waals surface area contributed by atoms with Gasteiger partial charge in [-0.15, -0.1) is 11.3 Å². The Labute approximate surface area is 131 Å². The molecule has 0 radical (unpaired) electrons. The monoisotopic (exact) mass is 407 g/mol. The molecular formula is C9H6BrClF3N3OS2. The Balaban J connectivity index is 2.36. The molecule has 0 aromatic carbocycles. The Hall–Kier alpha value is -0.450. The Bertz CT molecular complexity index is 670. The molecule has 0 aliphatic heterocycles. The van der Waals surface area contributed by atoms with Gasteiger partial charge < -0.3 is 0 Å². The first-order chi connectivity index (χ1) is 9.20. The molecule has 2 aromatic heterocycles. The fraction of sp³-hybridized carbons (Fsp3) is 0.333. The maximum Gasteiger partial charge on any atom is 0.435 e. The number of aryl methyl sites for hydroxylation is 1. The van der Waals surface area contributed by atoms with Crippen molar-refractivity contribution in [3.63, 3.8) is 0 Å². The van der Waals surface area contributed by atoms with Gasteiger partial charge in [-0.25, -0.2) is 4.98 Å². The number of hydrogen-bond donors (Lipinski definition) is 0. The van der Waals surface area contributed by atoms with Crippen LogP contribution >= 0.6 is 38.9 Å². The summed E-state index contributed by atoms with van der Waals surface area (Å²) in [4.78, 5) is 3.92. The molecule has 0 aliphatic rings. The number of alkyl halides is 3. The summed E-state index contributed by atoms with van der Waals surface area (Å²) < 4.78 is 52.2. The van der Waals surface area contributed by atoms with E-state index in [0.717, 1.165) is 16.0 Å². The molecule has 110 valence electrons. The maximum atomic E-state index is 12.8. The molecule has 0 bridgehead atoms. The maximum absolute atomic E-state index is 12.8. The number of hydrogen-bond acceptors (Lipinski definition) is 4. The van der Waals surface area contributed by atoms with E-state index in [-0.39, 0.29) is 20.8 Å². The number of thiazole rings is 1. The number of rotatable bonds is 3. The Kier molecular flexibility index (Phi) is 4.57. The summed E-state index contributed by atoms with van der Waals surface area (Å²) in [7, 11) is -0.420. The minimum absolute atomic E-state index is 0.179. The van der Waals surface area contributed by atoms with Crippen molar-refractivity contribution in [1.82, 2.24) is 14.8 Å². The van der Waals surface area contributed by atoms with E-state index in [1.165, 1.54) is 7.05 Å². The Morgan fingerprint density at radius 3 is 2.70 bits per heavy atom. The fourth-order valence-electron chi connectivity index (χ4n) is 1.44. The van der Waals surface area contributed by atoms with Crippen molar-refractivity contribution in [3.8, 4) is 0 Å². The third-order valence-corrected chi connectivity index (χ3v) is 5.96. The predicted octanol–water partition coefficient (Wildman–Crippen LogP) is 3.62. The van der Waals surface area contributed by atoms with Gasteiger partial charge in [-0.05, 0) is 15.9 Å². The van der Waals surface area contributed by atoms with Gasteiger partial charge in [0, 0.05) is 18.0 Å². The van der Waals surface area contributed by atoms with Crippen molar-refractivity contribution in [2.24, 2.45) is 7.05 Å². The summed E-state index contributed by atoms with van der Waals surface area (Å²) in [6.07, 6.45) is -4.64. The molecular weight excluding hydrogens is 403 g/mol. The minimum atomic E-state index is -4.64. The van der Waals surface area contributed by atoms with Crippen molar-refractivity contribution in [3.05, 3.63) is 26.4 Å². The van der Waals surface area contributed by atoms with E-state index in [4.69, 9.17) is 11.6 Å². The smallest absolute Gasteiger partial charge is 0.256 e. The SMILES string of the molecule is Cn1nc(C(F)(F)F)c(C[S@](=O)c2nc(Br)cs2)c1Cl. The van der Waals surface area contributed by atoms with Gasteiger partial charge in [-0.2, -0.15) is 18.3 Å². The van der Waals surface area contributed by atoms with E-state index >= 15 is 0 Å². The predicted molar refractivity (Wildman–Crippen MR) is 73.1 cm³/mol. The third-order valence-electron chi connectivity index (χ3n) is 2.26. The van der Waals surface area contributed by atoms with Crippen molar-refractivity contribution >= 4 is 49.7 Å². The summed E-state index contributed by atoms with van der Waals surface area (Å²) in [5, 5.41) is 4.75. The molecule has 2 rings (SSSR count). The molecule has 0 saturated heterocycles. The van der Waals surface area contributed by atoms with Gasteiger partial charge in [-0.3, -0.25) is 8.89 Å². The molecule has 20 heavy (non-hydrogen) atoms. The largest absolute Gasteiger partial charge is 0.435 e. The number of halogens is 5. The Morgan fingerprint density at radius 2 is 2.20 bits per heavy atom. The molecule has 1 atom stereocenters. The summed E-state index contributed by atoms with van der Waals surface area (Å²) in [6, 6.07) is 0. The third kappa shape index (κ3) is 3.23. The first kappa shape index (κ1) is 15.9. The molecule has 0 spiro atoms. The topological polar surface area (TPSA) is 47.8 Å². The van der Waals surface area contributed by atoms with Gasteiger partial charge in [0.2, 0.25) is 0 Å². The first-order valence-electron chi connectivity index (χ1n) is 4.98. The van der Waals surface area contributed by atoms with Crippen molar-refractivity contribution < 1.29 is 17.4 Å². The van der Waals surface area contributed by atoms with Crippen LogP contribution in [0.4, 0.5) is 13.2 Å². The zero-order valence-corrected chi connectivity index (χ0v) is 13.7. The van der Waals surface area contributed by atoms with Crippen LogP contribution in [0.1, 0.15) is 11.3 Å². The molecule has 0 N–H and O–H groups in total. The fourth-order valence-corrected chi connectivity index (χ4v) is 4.42. The van der Waals surface area contributed by atoms with Crippen LogP contribution in [0.15, 0.2) is 14.3 Å². The van der Waals surface area contributed by atoms with Crippen molar-refractivity contribution in [2.75, 3.05) is 0 Å². The second kappa shape index (κ2) is 5.74. The highest BCUT2D eigenvalue weighted by molar-refractivity contribution is 9.10. The van der Waals surface area contributed by atoms with Crippen LogP contribution in [0.3, 0.4) is 0 Å². The normalized spacial score (nSPS) is 13.7. The van der Waals surface area contributed by atoms with Crippen LogP contribution in [0.5, 0.6) is 0 Å². The van der Waals surface area contributed by atoms with E-state index in [1.807, 2.05) is 0 Å². The zero-order chi connectivity index (χ0) is 15.1. The highest BCUT2D eigenvalue weighted by Crippen LogP contribution is 2.35. The van der Waals surface area contributed by atoms with Crippen molar-refractivity contribution in [1.29, 1.82) is 0 Å². The van der Waals surface area contributed by atoms with Crippen LogP contribution in [0.2, 0.25) is 5.15 Å². The van der Waals surface area contributed by atoms with E-state index < -0.39 is 22.7 Å². The summed E-state index contributed by atoms with van der Waals surface area (Å²) in [6.45, 7) is 0. The van der Waals surface area contributed by atoms with Gasteiger partial charge in [0.05, 0.1) is 16.6 Å². The molecule has 4 nitrogen and oxygen atoms in total. The summed E-state index contributed by atoms with van der Waals surface area (Å²) >= 11 is 9.98. The number of aromatic nitrogens is 3. The molecule has 0 aliphatic carbocycles. The highest BCUT2D eigenvalue weighted by Gasteiger charge is 2.39. The van der Waals surface area contributed by atoms with Crippen LogP contribution < -0.4 is 0 Å². The lowest BCUT2D eigenvalue weighted by molar-refractivity contribution is -0.141. The van der Waals surface area contributed by atoms with Gasteiger partial charge in [0.15, 0.2) is 10.0 Å². The molecule has 0 amide bonds. The highest BCUT2D eigenvalue weighted by atomic mass is 79.9. The van der Waals surface area contributed by atoms with Crippen LogP contribution in [0.25, 0.3) is 0 Å². The van der Waals surface area contributed by atoms with E-state index in [9.17, 15) is 17.4 Å². The second-order valence-electron chi connectivity index (χ2n) is 3.67. The number of nitrogens with zero attached hydrogens (tertiary/aromatic N) is 3. The standard InChI is InChI=1S/C9H6BrClF3N3OS2/c1-17-7(11)4(6(16-17)9(12,13)14)3-20(18)8-15-5(10)2-19-8/h2H,3H2,1H3/t20-/m0/s1. The van der Waals surface area contributed by atoms with E-state index in [0.29, 0.717) is 4.60 Å². The molecule has 2 aromatic rings. The van der Waals surface area contributed by atoms with Gasteiger partial charge in [-0.1, -0.05) is 11.6 Å². The summed E-state index contributed by atoms with van der Waals surface area (Å²) in [5.74, 6) is -0.387. The quantitative estimate of drug-likeness (QED) is 0.779. The second-order valence-corrected chi connectivity index (χ2v) is 7.32. The van der Waals surface area contributed by atoms with Gasteiger partial charge in [0.25, 0.3) is 0 Å². The van der Waals surface area contributed by atoms with E-state index in [2.05, 4.69) is 26.0 Å². The zero-order valence-electron chi connectivity index (χ0n) is 9.74. The Morgan fingerprint density at radius 1 is 1.55 bits per heavy atom. The lowest BCUT2D eigenvalue weighted by atomic mass is 10.3. The van der Waals surface area contributed by atoms with Crippen LogP contribution in [-0.4, -0.2) is 19.0 Å². The van der Waals surface area contributed by atoms with Crippen LogP contribution in [0, 0.1) is 0 Å². The minimum Gasteiger partial charge on any atom is -0.256 e. The molecule has 0 unspecified atom stereocenters.